The fourth-order valence-electron chi connectivity index (χ4n) is 4.96. The molecule has 0 fully saturated rings. The highest BCUT2D eigenvalue weighted by Crippen LogP contribution is 2.43. The molecule has 0 spiro atoms. The highest BCUT2D eigenvalue weighted by molar-refractivity contribution is 7.98. The molecule has 5 rings (SSSR count). The van der Waals surface area contributed by atoms with E-state index < -0.39 is 46.7 Å². The summed E-state index contributed by atoms with van der Waals surface area (Å²) in [4.78, 5) is 27.6. The lowest BCUT2D eigenvalue weighted by molar-refractivity contribution is -0.193. The second kappa shape index (κ2) is 12.6. The molecule has 1 unspecified atom stereocenters. The summed E-state index contributed by atoms with van der Waals surface area (Å²) < 4.78 is 91.9. The van der Waals surface area contributed by atoms with E-state index in [1.165, 1.54) is 19.2 Å². The van der Waals surface area contributed by atoms with Gasteiger partial charge in [-0.25, -0.2) is 27.7 Å². The first kappa shape index (κ1) is 31.5. The Bertz CT molecular complexity index is 1720. The van der Waals surface area contributed by atoms with Crippen LogP contribution in [0.15, 0.2) is 59.8 Å². The number of hydrogen-bond donors (Lipinski definition) is 0. The smallest absolute Gasteiger partial charge is 0.491 e. The van der Waals surface area contributed by atoms with Gasteiger partial charge in [-0.15, -0.1) is 0 Å². The van der Waals surface area contributed by atoms with Crippen LogP contribution in [0, 0.1) is 17.5 Å². The molecule has 3 aromatic carbocycles. The van der Waals surface area contributed by atoms with Crippen molar-refractivity contribution in [2.24, 2.45) is 0 Å². The summed E-state index contributed by atoms with van der Waals surface area (Å²) in [5.41, 5.74) is 1.62. The van der Waals surface area contributed by atoms with Crippen LogP contribution in [0.25, 0.3) is 5.69 Å². The van der Waals surface area contributed by atoms with Gasteiger partial charge in [0.2, 0.25) is 0 Å². The first-order valence-electron chi connectivity index (χ1n) is 13.0. The summed E-state index contributed by atoms with van der Waals surface area (Å²) in [5.74, 6) is -7.61. The van der Waals surface area contributed by atoms with Crippen LogP contribution >= 0.6 is 23.4 Å². The van der Waals surface area contributed by atoms with Crippen LogP contribution in [0.1, 0.15) is 51.6 Å². The highest BCUT2D eigenvalue weighted by Gasteiger charge is 2.42. The van der Waals surface area contributed by atoms with Crippen molar-refractivity contribution in [2.75, 3.05) is 7.11 Å². The molecule has 1 atom stereocenters. The van der Waals surface area contributed by atoms with Crippen LogP contribution in [0.5, 0.6) is 5.75 Å². The van der Waals surface area contributed by atoms with Crippen molar-refractivity contribution in [3.05, 3.63) is 105 Å². The quantitative estimate of drug-likeness (QED) is 0.0872. The predicted molar refractivity (Wildman–Crippen MR) is 149 cm³/mol. The molecule has 6 nitrogen and oxygen atoms in total. The standard InChI is InChI=1S/C30H21ClF6N2O4S/c1-42-25-13-15(5-10-21(25)31)19-3-2-4-24-26(19)39(18-8-6-17(32)7-9-18)29(38-24)44-14-20-22(33)11-16(12-23(20)34)27(40)43-28(41)30(35,36)37/h5-13,19H,2-4,14H2,1H3. The Labute approximate surface area is 255 Å². The second-order valence-corrected chi connectivity index (χ2v) is 11.1. The Balaban J connectivity index is 1.50. The number of nitrogens with zero attached hydrogens (tertiary/aromatic N) is 2. The van der Waals surface area contributed by atoms with Crippen molar-refractivity contribution in [1.82, 2.24) is 9.55 Å². The molecule has 230 valence electrons. The molecule has 0 radical (unpaired) electrons. The van der Waals surface area contributed by atoms with E-state index in [1.807, 2.05) is 12.1 Å². The number of carbonyl (C=O) groups excluding carboxylic acids is 2. The molecular formula is C30H21ClF6N2O4S. The lowest BCUT2D eigenvalue weighted by Gasteiger charge is -2.26. The summed E-state index contributed by atoms with van der Waals surface area (Å²) in [7, 11) is 1.50. The summed E-state index contributed by atoms with van der Waals surface area (Å²) in [5, 5.41) is 0.790. The lowest BCUT2D eigenvalue weighted by Crippen LogP contribution is -2.28. The number of ether oxygens (including phenoxy) is 2. The maximum absolute atomic E-state index is 15.0. The number of rotatable bonds is 7. The number of aromatic nitrogens is 2. The predicted octanol–water partition coefficient (Wildman–Crippen LogP) is 7.96. The topological polar surface area (TPSA) is 70.4 Å². The van der Waals surface area contributed by atoms with E-state index >= 15 is 0 Å². The largest absolute Gasteiger partial charge is 0.495 e. The summed E-state index contributed by atoms with van der Waals surface area (Å²) in [6, 6.07) is 12.1. The van der Waals surface area contributed by atoms with Crippen molar-refractivity contribution < 1.29 is 45.4 Å². The van der Waals surface area contributed by atoms with Gasteiger partial charge in [0.25, 0.3) is 0 Å². The second-order valence-electron chi connectivity index (χ2n) is 9.76. The lowest BCUT2D eigenvalue weighted by atomic mass is 9.84. The number of carbonyl (C=O) groups is 2. The Morgan fingerprint density at radius 1 is 1.05 bits per heavy atom. The molecule has 4 aromatic rings. The van der Waals surface area contributed by atoms with Crippen LogP contribution in [0.2, 0.25) is 5.02 Å². The van der Waals surface area contributed by atoms with Gasteiger partial charge < -0.3 is 9.47 Å². The van der Waals surface area contributed by atoms with Crippen molar-refractivity contribution in [3.63, 3.8) is 0 Å². The molecule has 44 heavy (non-hydrogen) atoms. The van der Waals surface area contributed by atoms with E-state index in [0.29, 0.717) is 40.2 Å². The van der Waals surface area contributed by atoms with Gasteiger partial charge in [-0.2, -0.15) is 13.2 Å². The van der Waals surface area contributed by atoms with Gasteiger partial charge in [0.1, 0.15) is 23.2 Å². The van der Waals surface area contributed by atoms with Crippen molar-refractivity contribution in [2.45, 2.75) is 42.3 Å². The van der Waals surface area contributed by atoms with Crippen LogP contribution in [0.4, 0.5) is 26.3 Å². The molecular weight excluding hydrogens is 634 g/mol. The number of aryl methyl sites for hydroxylation is 1. The third kappa shape index (κ3) is 6.43. The number of fused-ring (bicyclic) bond motifs is 1. The SMILES string of the molecule is COc1cc(C2CCCc3nc(SCc4c(F)cc(C(=O)OC(=O)C(F)(F)F)cc4F)n(-c4ccc(F)cc4)c32)ccc1Cl. The zero-order valence-corrected chi connectivity index (χ0v) is 24.3. The van der Waals surface area contributed by atoms with Gasteiger partial charge in [-0.05, 0) is 73.4 Å². The van der Waals surface area contributed by atoms with E-state index in [4.69, 9.17) is 21.3 Å². The molecule has 1 heterocycles. The fourth-order valence-corrected chi connectivity index (χ4v) is 6.21. The molecule has 1 aliphatic rings. The average molecular weight is 655 g/mol. The van der Waals surface area contributed by atoms with E-state index in [9.17, 15) is 35.9 Å². The monoisotopic (exact) mass is 654 g/mol. The van der Waals surface area contributed by atoms with E-state index in [0.717, 1.165) is 41.6 Å². The van der Waals surface area contributed by atoms with Crippen LogP contribution in [0.3, 0.4) is 0 Å². The fraction of sp³-hybridized carbons (Fsp3) is 0.233. The van der Waals surface area contributed by atoms with E-state index in [-0.39, 0.29) is 11.7 Å². The van der Waals surface area contributed by atoms with Gasteiger partial charge in [0.05, 0.1) is 29.1 Å². The van der Waals surface area contributed by atoms with Crippen LogP contribution < -0.4 is 4.74 Å². The van der Waals surface area contributed by atoms with Crippen molar-refractivity contribution in [1.29, 1.82) is 0 Å². The minimum Gasteiger partial charge on any atom is -0.495 e. The summed E-state index contributed by atoms with van der Waals surface area (Å²) in [6.07, 6.45) is -3.31. The van der Waals surface area contributed by atoms with Crippen LogP contribution in [-0.2, 0) is 21.7 Å². The Kier molecular flexibility index (Phi) is 8.98. The molecule has 14 heteroatoms. The average Bonchev–Trinajstić information content (AvgIpc) is 3.35. The van der Waals surface area contributed by atoms with Gasteiger partial charge in [-0.1, -0.05) is 29.4 Å². The molecule has 0 aliphatic heterocycles. The first-order valence-corrected chi connectivity index (χ1v) is 14.4. The molecule has 0 saturated carbocycles. The first-order chi connectivity index (χ1) is 20.9. The number of hydrogen-bond acceptors (Lipinski definition) is 6. The molecule has 1 aliphatic carbocycles. The molecule has 0 saturated heterocycles. The highest BCUT2D eigenvalue weighted by atomic mass is 35.5. The van der Waals surface area contributed by atoms with Gasteiger partial charge >= 0.3 is 18.1 Å². The maximum Gasteiger partial charge on any atom is 0.491 e. The number of thioether (sulfide) groups is 1. The molecule has 0 N–H and O–H groups in total. The zero-order valence-electron chi connectivity index (χ0n) is 22.7. The number of esters is 2. The van der Waals surface area contributed by atoms with Gasteiger partial charge in [0.15, 0.2) is 5.16 Å². The minimum atomic E-state index is -5.46. The van der Waals surface area contributed by atoms with Crippen molar-refractivity contribution >= 4 is 35.3 Å². The number of methoxy groups -OCH3 is 1. The minimum absolute atomic E-state index is 0.171. The normalized spacial score (nSPS) is 14.7. The van der Waals surface area contributed by atoms with Crippen LogP contribution in [-0.4, -0.2) is 34.8 Å². The van der Waals surface area contributed by atoms with E-state index in [2.05, 4.69) is 4.74 Å². The maximum atomic E-state index is 15.0. The summed E-state index contributed by atoms with van der Waals surface area (Å²) in [6.45, 7) is 0. The number of halogens is 7. The third-order valence-corrected chi connectivity index (χ3v) is 8.27. The summed E-state index contributed by atoms with van der Waals surface area (Å²) >= 11 is 7.22. The number of imidazole rings is 1. The molecule has 0 bridgehead atoms. The Morgan fingerprint density at radius 2 is 1.73 bits per heavy atom. The van der Waals surface area contributed by atoms with Gasteiger partial charge in [0, 0.05) is 22.9 Å². The number of alkyl halides is 3. The van der Waals surface area contributed by atoms with Crippen molar-refractivity contribution in [3.8, 4) is 11.4 Å². The molecule has 1 aromatic heterocycles. The zero-order chi connectivity index (χ0) is 31.8. The third-order valence-electron chi connectivity index (χ3n) is 7.00. The van der Waals surface area contributed by atoms with E-state index in [1.54, 1.807) is 22.8 Å². The Hall–Kier alpha value is -3.97. The number of benzene rings is 3. The van der Waals surface area contributed by atoms with Gasteiger partial charge in [-0.3, -0.25) is 4.57 Å². The Morgan fingerprint density at radius 3 is 2.36 bits per heavy atom. The molecule has 0 amide bonds.